The van der Waals surface area contributed by atoms with E-state index in [2.05, 4.69) is 4.99 Å². The van der Waals surface area contributed by atoms with Crippen molar-refractivity contribution in [2.24, 2.45) is 4.99 Å². The van der Waals surface area contributed by atoms with Crippen LogP contribution in [0.4, 0.5) is 4.39 Å². The molecular formula is C3H2FNO2. The minimum Gasteiger partial charge on any atom is -0.293 e. The summed E-state index contributed by atoms with van der Waals surface area (Å²) in [5.41, 5.74) is 0. The van der Waals surface area contributed by atoms with E-state index in [1.165, 1.54) is 0 Å². The highest BCUT2D eigenvalue weighted by Gasteiger charge is 1.85. The molecule has 7 heavy (non-hydrogen) atoms. The summed E-state index contributed by atoms with van der Waals surface area (Å²) in [6.45, 7) is 0. The van der Waals surface area contributed by atoms with Gasteiger partial charge in [0, 0.05) is 0 Å². The van der Waals surface area contributed by atoms with E-state index in [1.54, 1.807) is 0 Å². The zero-order valence-corrected chi connectivity index (χ0v) is 3.30. The van der Waals surface area contributed by atoms with Crippen molar-refractivity contribution in [1.82, 2.24) is 0 Å². The lowest BCUT2D eigenvalue weighted by Gasteiger charge is -1.67. The minimum atomic E-state index is -1.30. The predicted molar refractivity (Wildman–Crippen MR) is 20.7 cm³/mol. The third kappa shape index (κ3) is 2.75. The molecule has 38 valence electrons. The van der Waals surface area contributed by atoms with Crippen LogP contribution in [0.15, 0.2) is 4.99 Å². The standard InChI is InChI=1S/C3H2FNO2/c4-3(1-6)5-2-7/h1-2H. The summed E-state index contributed by atoms with van der Waals surface area (Å²) in [4.78, 5) is 20.9. The number of nitrogens with zero attached hydrogens (tertiary/aromatic N) is 1. The second-order valence-corrected chi connectivity index (χ2v) is 0.675. The van der Waals surface area contributed by atoms with Crippen molar-refractivity contribution < 1.29 is 14.0 Å². The Hall–Kier alpha value is -1.06. The van der Waals surface area contributed by atoms with Gasteiger partial charge in [0.15, 0.2) is 6.29 Å². The first-order valence-electron chi connectivity index (χ1n) is 1.43. The van der Waals surface area contributed by atoms with Gasteiger partial charge in [-0.2, -0.15) is 9.38 Å². The second-order valence-electron chi connectivity index (χ2n) is 0.675. The van der Waals surface area contributed by atoms with E-state index in [4.69, 9.17) is 0 Å². The van der Waals surface area contributed by atoms with Crippen molar-refractivity contribution in [3.63, 3.8) is 0 Å². The van der Waals surface area contributed by atoms with Crippen LogP contribution in [-0.2, 0) is 9.59 Å². The topological polar surface area (TPSA) is 46.5 Å². The fraction of sp³-hybridized carbons (Fsp3) is 0. The number of amides is 1. The number of rotatable bonds is 2. The van der Waals surface area contributed by atoms with E-state index in [-0.39, 0.29) is 12.7 Å². The van der Waals surface area contributed by atoms with E-state index < -0.39 is 5.97 Å². The third-order valence-corrected chi connectivity index (χ3v) is 0.273. The lowest BCUT2D eigenvalue weighted by atomic mass is 10.8. The van der Waals surface area contributed by atoms with Crippen molar-refractivity contribution >= 4 is 18.7 Å². The van der Waals surface area contributed by atoms with Crippen molar-refractivity contribution in [3.05, 3.63) is 0 Å². The van der Waals surface area contributed by atoms with Gasteiger partial charge in [0.25, 0.3) is 5.97 Å². The SMILES string of the molecule is O=CN=C(F)C=O. The zero-order chi connectivity index (χ0) is 5.70. The Morgan fingerprint density at radius 3 is 2.29 bits per heavy atom. The first-order valence-corrected chi connectivity index (χ1v) is 1.43. The molecule has 0 unspecified atom stereocenters. The van der Waals surface area contributed by atoms with Crippen molar-refractivity contribution in [1.29, 1.82) is 0 Å². The fourth-order valence-electron chi connectivity index (χ4n) is 0.0808. The molecule has 0 fully saturated rings. The molecule has 0 spiro atoms. The van der Waals surface area contributed by atoms with Crippen LogP contribution in [0.25, 0.3) is 0 Å². The van der Waals surface area contributed by atoms with Gasteiger partial charge in [-0.1, -0.05) is 0 Å². The molecule has 3 nitrogen and oxygen atoms in total. The molecule has 0 rings (SSSR count). The smallest absolute Gasteiger partial charge is 0.255 e. The van der Waals surface area contributed by atoms with Gasteiger partial charge in [0.1, 0.15) is 0 Å². The Labute approximate surface area is 38.9 Å². The number of aldehydes is 1. The molecule has 0 saturated carbocycles. The molecule has 0 radical (unpaired) electrons. The van der Waals surface area contributed by atoms with Gasteiger partial charge in [-0.3, -0.25) is 9.59 Å². The van der Waals surface area contributed by atoms with E-state index >= 15 is 0 Å². The quantitative estimate of drug-likeness (QED) is 0.356. The first kappa shape index (κ1) is 5.94. The normalized spacial score (nSPS) is 10.7. The molecule has 0 aliphatic rings. The molecule has 1 amide bonds. The summed E-state index contributed by atoms with van der Waals surface area (Å²) >= 11 is 0. The van der Waals surface area contributed by atoms with Gasteiger partial charge >= 0.3 is 0 Å². The summed E-state index contributed by atoms with van der Waals surface area (Å²) in [7, 11) is 0. The summed E-state index contributed by atoms with van der Waals surface area (Å²) in [6, 6.07) is 0. The number of carbonyl (C=O) groups is 2. The number of hydrogen-bond acceptors (Lipinski definition) is 2. The van der Waals surface area contributed by atoms with Gasteiger partial charge < -0.3 is 0 Å². The third-order valence-electron chi connectivity index (χ3n) is 0.273. The monoisotopic (exact) mass is 103 g/mol. The van der Waals surface area contributed by atoms with Crippen LogP contribution >= 0.6 is 0 Å². The Morgan fingerprint density at radius 2 is 2.14 bits per heavy atom. The first-order chi connectivity index (χ1) is 3.31. The van der Waals surface area contributed by atoms with Crippen LogP contribution in [-0.4, -0.2) is 18.7 Å². The zero-order valence-electron chi connectivity index (χ0n) is 3.30. The molecule has 0 aliphatic carbocycles. The van der Waals surface area contributed by atoms with Crippen LogP contribution in [0.3, 0.4) is 0 Å². The molecule has 0 heterocycles. The van der Waals surface area contributed by atoms with E-state index in [1.807, 2.05) is 0 Å². The molecule has 0 aliphatic heterocycles. The molecule has 4 heteroatoms. The Balaban J connectivity index is 3.72. The highest BCUT2D eigenvalue weighted by Crippen LogP contribution is 1.68. The van der Waals surface area contributed by atoms with Crippen LogP contribution in [0.5, 0.6) is 0 Å². The van der Waals surface area contributed by atoms with Crippen LogP contribution in [0, 0.1) is 0 Å². The van der Waals surface area contributed by atoms with Gasteiger partial charge in [0.05, 0.1) is 0 Å². The second kappa shape index (κ2) is 3.14. The van der Waals surface area contributed by atoms with E-state index in [0.29, 0.717) is 0 Å². The molecule has 0 aromatic carbocycles. The maximum Gasteiger partial charge on any atom is 0.255 e. The number of aliphatic imine (C=N–C) groups is 1. The number of carbonyl (C=O) groups excluding carboxylic acids is 2. The summed E-state index contributed by atoms with van der Waals surface area (Å²) < 4.78 is 11.3. The minimum absolute atomic E-state index is 0.0380. The highest BCUT2D eigenvalue weighted by molar-refractivity contribution is 6.24. The summed E-state index contributed by atoms with van der Waals surface area (Å²) in [5.74, 6) is -1.30. The van der Waals surface area contributed by atoms with Gasteiger partial charge in [-0.25, -0.2) is 0 Å². The lowest BCUT2D eigenvalue weighted by Crippen LogP contribution is -1.87. The number of halogens is 1. The number of hydrogen-bond donors (Lipinski definition) is 0. The highest BCUT2D eigenvalue weighted by atomic mass is 19.1. The molecule has 0 aromatic rings. The molecule has 0 atom stereocenters. The van der Waals surface area contributed by atoms with E-state index in [0.717, 1.165) is 0 Å². The van der Waals surface area contributed by atoms with Crippen LogP contribution in [0.1, 0.15) is 0 Å². The van der Waals surface area contributed by atoms with Crippen molar-refractivity contribution in [2.75, 3.05) is 0 Å². The van der Waals surface area contributed by atoms with Crippen LogP contribution in [0.2, 0.25) is 0 Å². The molecule has 0 bridgehead atoms. The maximum absolute atomic E-state index is 11.3. The average molecular weight is 103 g/mol. The Morgan fingerprint density at radius 1 is 1.57 bits per heavy atom. The van der Waals surface area contributed by atoms with Crippen molar-refractivity contribution in [3.8, 4) is 0 Å². The summed E-state index contributed by atoms with van der Waals surface area (Å²) in [5, 5.41) is 0. The predicted octanol–water partition coefficient (Wildman–Crippen LogP) is -0.290. The van der Waals surface area contributed by atoms with E-state index in [9.17, 15) is 14.0 Å². The largest absolute Gasteiger partial charge is 0.293 e. The fourth-order valence-corrected chi connectivity index (χ4v) is 0.0808. The molecule has 0 saturated heterocycles. The van der Waals surface area contributed by atoms with Gasteiger partial charge in [-0.05, 0) is 0 Å². The summed E-state index contributed by atoms with van der Waals surface area (Å²) in [6.07, 6.45) is -0.182. The van der Waals surface area contributed by atoms with Crippen molar-refractivity contribution in [2.45, 2.75) is 0 Å². The molecular weight excluding hydrogens is 101 g/mol. The van der Waals surface area contributed by atoms with Crippen LogP contribution < -0.4 is 0 Å². The molecule has 0 aromatic heterocycles. The van der Waals surface area contributed by atoms with Gasteiger partial charge in [-0.15, -0.1) is 0 Å². The maximum atomic E-state index is 11.3. The Bertz CT molecular complexity index is 110. The lowest BCUT2D eigenvalue weighted by molar-refractivity contribution is -0.107. The average Bonchev–Trinajstić information content (AvgIpc) is 1.68. The molecule has 0 N–H and O–H groups in total. The Kier molecular flexibility index (Phi) is 2.67. The van der Waals surface area contributed by atoms with Gasteiger partial charge in [0.2, 0.25) is 6.41 Å².